The van der Waals surface area contributed by atoms with Crippen molar-refractivity contribution in [2.75, 3.05) is 13.1 Å². The van der Waals surface area contributed by atoms with Crippen LogP contribution in [0.2, 0.25) is 0 Å². The molecule has 3 aromatic rings. The first kappa shape index (κ1) is 23.1. The molecule has 1 aliphatic rings. The summed E-state index contributed by atoms with van der Waals surface area (Å²) in [6.07, 6.45) is 1.75. The van der Waals surface area contributed by atoms with Crippen LogP contribution in [0.3, 0.4) is 0 Å². The number of carbonyl (C=O) groups is 1. The van der Waals surface area contributed by atoms with E-state index in [-0.39, 0.29) is 22.2 Å². The highest BCUT2D eigenvalue weighted by Gasteiger charge is 2.27. The minimum atomic E-state index is -3.68. The van der Waals surface area contributed by atoms with E-state index in [1.165, 1.54) is 34.6 Å². The fraction of sp³-hybridized carbons (Fsp3) is 0.348. The van der Waals surface area contributed by atoms with Crippen molar-refractivity contribution < 1.29 is 26.9 Å². The normalized spacial score (nSPS) is 15.8. The Morgan fingerprint density at radius 1 is 1.15 bits per heavy atom. The van der Waals surface area contributed by atoms with E-state index in [0.717, 1.165) is 19.3 Å². The van der Waals surface area contributed by atoms with Gasteiger partial charge >= 0.3 is 5.97 Å². The molecular formula is C23H24FN3O5S. The van der Waals surface area contributed by atoms with Gasteiger partial charge in [0.25, 0.3) is 5.89 Å². The molecule has 1 unspecified atom stereocenters. The second kappa shape index (κ2) is 9.40. The first-order chi connectivity index (χ1) is 15.8. The summed E-state index contributed by atoms with van der Waals surface area (Å²) < 4.78 is 51.7. The number of hydrogen-bond acceptors (Lipinski definition) is 7. The van der Waals surface area contributed by atoms with Crippen LogP contribution in [0.4, 0.5) is 4.39 Å². The number of nitrogens with zero attached hydrogens (tertiary/aromatic N) is 3. The molecule has 2 heterocycles. The molecule has 0 N–H and O–H groups in total. The molecule has 1 aliphatic heterocycles. The smallest absolute Gasteiger partial charge is 0.338 e. The summed E-state index contributed by atoms with van der Waals surface area (Å²) in [7, 11) is -3.68. The van der Waals surface area contributed by atoms with Crippen molar-refractivity contribution in [2.45, 2.75) is 44.1 Å². The minimum Gasteiger partial charge on any atom is -0.449 e. The number of rotatable bonds is 6. The zero-order valence-electron chi connectivity index (χ0n) is 18.3. The molecule has 10 heteroatoms. The predicted octanol–water partition coefficient (Wildman–Crippen LogP) is 4.28. The van der Waals surface area contributed by atoms with E-state index < -0.39 is 27.9 Å². The van der Waals surface area contributed by atoms with Crippen LogP contribution in [-0.4, -0.2) is 41.9 Å². The van der Waals surface area contributed by atoms with E-state index in [0.29, 0.717) is 24.2 Å². The number of esters is 1. The Morgan fingerprint density at radius 3 is 2.64 bits per heavy atom. The zero-order chi connectivity index (χ0) is 23.6. The van der Waals surface area contributed by atoms with Gasteiger partial charge in [-0.1, -0.05) is 29.8 Å². The van der Waals surface area contributed by atoms with E-state index in [4.69, 9.17) is 9.26 Å². The molecule has 1 atom stereocenters. The number of aryl methyl sites for hydroxylation is 1. The summed E-state index contributed by atoms with van der Waals surface area (Å²) in [5.74, 6) is -0.908. The Hall–Kier alpha value is -3.11. The fourth-order valence-corrected chi connectivity index (χ4v) is 5.13. The number of sulfonamides is 1. The molecule has 8 nitrogen and oxygen atoms in total. The molecule has 1 saturated heterocycles. The molecule has 4 rings (SSSR count). The number of piperidine rings is 1. The van der Waals surface area contributed by atoms with Gasteiger partial charge in [0, 0.05) is 18.7 Å². The van der Waals surface area contributed by atoms with E-state index in [9.17, 15) is 17.6 Å². The highest BCUT2D eigenvalue weighted by Crippen LogP contribution is 2.25. The second-order valence-corrected chi connectivity index (χ2v) is 9.90. The van der Waals surface area contributed by atoms with Gasteiger partial charge in [-0.3, -0.25) is 0 Å². The fourth-order valence-electron chi connectivity index (χ4n) is 3.57. The van der Waals surface area contributed by atoms with Crippen molar-refractivity contribution in [3.05, 3.63) is 65.3 Å². The van der Waals surface area contributed by atoms with Gasteiger partial charge in [0.05, 0.1) is 10.5 Å². The number of carbonyl (C=O) groups excluding carboxylic acids is 1. The zero-order valence-corrected chi connectivity index (χ0v) is 19.1. The lowest BCUT2D eigenvalue weighted by Gasteiger charge is -2.26. The molecule has 0 spiro atoms. The average Bonchev–Trinajstić information content (AvgIpc) is 3.32. The summed E-state index contributed by atoms with van der Waals surface area (Å²) in [4.78, 5) is 16.9. The SMILES string of the molecule is Cc1ccc(-c2noc(C(C)OC(=O)c3cccc(S(=O)(=O)N4CCCCC4)c3)n2)cc1F. The molecule has 0 radical (unpaired) electrons. The van der Waals surface area contributed by atoms with Gasteiger partial charge < -0.3 is 9.26 Å². The van der Waals surface area contributed by atoms with Gasteiger partial charge in [-0.15, -0.1) is 0 Å². The number of hydrogen-bond donors (Lipinski definition) is 0. The lowest BCUT2D eigenvalue weighted by atomic mass is 10.1. The van der Waals surface area contributed by atoms with Crippen molar-refractivity contribution in [2.24, 2.45) is 0 Å². The molecule has 174 valence electrons. The van der Waals surface area contributed by atoms with Gasteiger partial charge in [0.1, 0.15) is 5.82 Å². The lowest BCUT2D eigenvalue weighted by molar-refractivity contribution is 0.0265. The molecule has 1 fully saturated rings. The van der Waals surface area contributed by atoms with E-state index in [1.54, 1.807) is 26.0 Å². The van der Waals surface area contributed by atoms with Crippen LogP contribution >= 0.6 is 0 Å². The van der Waals surface area contributed by atoms with Crippen LogP contribution in [-0.2, 0) is 14.8 Å². The van der Waals surface area contributed by atoms with Gasteiger partial charge in [-0.25, -0.2) is 17.6 Å². The van der Waals surface area contributed by atoms with Crippen LogP contribution in [0, 0.1) is 12.7 Å². The quantitative estimate of drug-likeness (QED) is 0.493. The predicted molar refractivity (Wildman–Crippen MR) is 117 cm³/mol. The highest BCUT2D eigenvalue weighted by atomic mass is 32.2. The van der Waals surface area contributed by atoms with E-state index in [2.05, 4.69) is 10.1 Å². The summed E-state index contributed by atoms with van der Waals surface area (Å²) in [5, 5.41) is 3.83. The molecular weight excluding hydrogens is 449 g/mol. The number of ether oxygens (including phenoxy) is 1. The van der Waals surface area contributed by atoms with E-state index >= 15 is 0 Å². The Bertz CT molecular complexity index is 1270. The number of aromatic nitrogens is 2. The van der Waals surface area contributed by atoms with Crippen LogP contribution in [0.5, 0.6) is 0 Å². The molecule has 0 aliphatic carbocycles. The Kier molecular flexibility index (Phi) is 6.57. The maximum absolute atomic E-state index is 13.8. The first-order valence-electron chi connectivity index (χ1n) is 10.7. The third kappa shape index (κ3) is 4.96. The van der Waals surface area contributed by atoms with E-state index in [1.807, 2.05) is 0 Å². The second-order valence-electron chi connectivity index (χ2n) is 7.96. The molecule has 0 bridgehead atoms. The summed E-state index contributed by atoms with van der Waals surface area (Å²) in [6, 6.07) is 10.3. The largest absolute Gasteiger partial charge is 0.449 e. The van der Waals surface area contributed by atoms with Gasteiger partial charge in [-0.2, -0.15) is 9.29 Å². The van der Waals surface area contributed by atoms with Crippen molar-refractivity contribution in [1.29, 1.82) is 0 Å². The molecule has 33 heavy (non-hydrogen) atoms. The third-order valence-electron chi connectivity index (χ3n) is 5.53. The topological polar surface area (TPSA) is 103 Å². The highest BCUT2D eigenvalue weighted by molar-refractivity contribution is 7.89. The minimum absolute atomic E-state index is 0.0384. The van der Waals surface area contributed by atoms with Gasteiger partial charge in [0.2, 0.25) is 15.8 Å². The van der Waals surface area contributed by atoms with Crippen molar-refractivity contribution >= 4 is 16.0 Å². The molecule has 0 saturated carbocycles. The summed E-state index contributed by atoms with van der Waals surface area (Å²) in [6.45, 7) is 4.14. The van der Waals surface area contributed by atoms with Crippen molar-refractivity contribution in [1.82, 2.24) is 14.4 Å². The first-order valence-corrected chi connectivity index (χ1v) is 12.1. The lowest BCUT2D eigenvalue weighted by Crippen LogP contribution is -2.35. The number of halogens is 1. The number of benzene rings is 2. The Morgan fingerprint density at radius 2 is 1.91 bits per heavy atom. The van der Waals surface area contributed by atoms with Crippen LogP contribution < -0.4 is 0 Å². The standard InChI is InChI=1S/C23H24FN3O5S/c1-15-9-10-17(14-20(15)24)21-25-22(32-26-21)16(2)31-23(28)18-7-6-8-19(13-18)33(29,30)27-11-4-3-5-12-27/h6-10,13-14,16H,3-5,11-12H2,1-2H3. The van der Waals surface area contributed by atoms with Crippen LogP contribution in [0.1, 0.15) is 54.1 Å². The van der Waals surface area contributed by atoms with Gasteiger partial charge in [0.15, 0.2) is 6.10 Å². The maximum Gasteiger partial charge on any atom is 0.338 e. The molecule has 2 aromatic carbocycles. The Labute approximate surface area is 191 Å². The maximum atomic E-state index is 13.8. The van der Waals surface area contributed by atoms with Crippen molar-refractivity contribution in [3.8, 4) is 11.4 Å². The molecule has 0 amide bonds. The Balaban J connectivity index is 1.48. The van der Waals surface area contributed by atoms with Crippen LogP contribution in [0.15, 0.2) is 51.9 Å². The van der Waals surface area contributed by atoms with Crippen LogP contribution in [0.25, 0.3) is 11.4 Å². The average molecular weight is 474 g/mol. The van der Waals surface area contributed by atoms with Gasteiger partial charge in [-0.05, 0) is 56.5 Å². The molecule has 1 aromatic heterocycles. The summed E-state index contributed by atoms with van der Waals surface area (Å²) >= 11 is 0. The monoisotopic (exact) mass is 473 g/mol. The third-order valence-corrected chi connectivity index (χ3v) is 7.42. The van der Waals surface area contributed by atoms with Crippen molar-refractivity contribution in [3.63, 3.8) is 0 Å². The summed E-state index contributed by atoms with van der Waals surface area (Å²) in [5.41, 5.74) is 1.02.